The minimum atomic E-state index is 0.648. The van der Waals surface area contributed by atoms with E-state index in [0.29, 0.717) is 17.4 Å². The van der Waals surface area contributed by atoms with Gasteiger partial charge in [-0.25, -0.2) is 9.97 Å². The van der Waals surface area contributed by atoms with Crippen molar-refractivity contribution in [3.63, 3.8) is 0 Å². The first kappa shape index (κ1) is 18.4. The second-order valence-corrected chi connectivity index (χ2v) is 7.23. The SMILES string of the molecule is CCOc1ccc(/C=N\Nc2ncnc3scc(-c4ccc(Cl)cc4)c23)cc1. The summed E-state index contributed by atoms with van der Waals surface area (Å²) < 4.78 is 5.45. The topological polar surface area (TPSA) is 59.4 Å². The molecule has 4 rings (SSSR count). The number of hydrazone groups is 1. The molecule has 0 spiro atoms. The summed E-state index contributed by atoms with van der Waals surface area (Å²) in [5.41, 5.74) is 6.12. The Bertz CT molecular complexity index is 1110. The van der Waals surface area contributed by atoms with E-state index in [2.05, 4.69) is 25.9 Å². The summed E-state index contributed by atoms with van der Waals surface area (Å²) in [6.45, 7) is 2.61. The number of halogens is 1. The van der Waals surface area contributed by atoms with Crippen LogP contribution in [0.1, 0.15) is 12.5 Å². The van der Waals surface area contributed by atoms with E-state index in [9.17, 15) is 0 Å². The van der Waals surface area contributed by atoms with Gasteiger partial charge in [-0.1, -0.05) is 23.7 Å². The van der Waals surface area contributed by atoms with Crippen LogP contribution in [0.4, 0.5) is 5.82 Å². The maximum atomic E-state index is 6.02. The largest absolute Gasteiger partial charge is 0.494 e. The number of hydrogen-bond donors (Lipinski definition) is 1. The van der Waals surface area contributed by atoms with E-state index < -0.39 is 0 Å². The predicted molar refractivity (Wildman–Crippen MR) is 117 cm³/mol. The fraction of sp³-hybridized carbons (Fsp3) is 0.0952. The van der Waals surface area contributed by atoms with E-state index in [1.807, 2.05) is 55.5 Å². The summed E-state index contributed by atoms with van der Waals surface area (Å²) in [4.78, 5) is 9.65. The lowest BCUT2D eigenvalue weighted by Gasteiger charge is -2.05. The van der Waals surface area contributed by atoms with Crippen LogP contribution in [0.15, 0.2) is 65.3 Å². The molecule has 0 saturated carbocycles. The van der Waals surface area contributed by atoms with E-state index >= 15 is 0 Å². The molecule has 4 aromatic rings. The summed E-state index contributed by atoms with van der Waals surface area (Å²) in [6, 6.07) is 15.5. The lowest BCUT2D eigenvalue weighted by molar-refractivity contribution is 0.340. The molecule has 0 saturated heterocycles. The summed E-state index contributed by atoms with van der Waals surface area (Å²) in [5, 5.41) is 8.07. The second-order valence-electron chi connectivity index (χ2n) is 5.93. The zero-order valence-corrected chi connectivity index (χ0v) is 16.7. The van der Waals surface area contributed by atoms with Crippen molar-refractivity contribution in [1.82, 2.24) is 9.97 Å². The van der Waals surface area contributed by atoms with Gasteiger partial charge in [-0.15, -0.1) is 11.3 Å². The van der Waals surface area contributed by atoms with Crippen LogP contribution in [0.25, 0.3) is 21.3 Å². The normalized spacial score (nSPS) is 11.2. The fourth-order valence-electron chi connectivity index (χ4n) is 2.79. The molecule has 0 unspecified atom stereocenters. The first-order chi connectivity index (χ1) is 13.7. The summed E-state index contributed by atoms with van der Waals surface area (Å²) >= 11 is 7.59. The number of thiophene rings is 1. The van der Waals surface area contributed by atoms with Gasteiger partial charge in [0.2, 0.25) is 0 Å². The first-order valence-electron chi connectivity index (χ1n) is 8.74. The number of fused-ring (bicyclic) bond motifs is 1. The molecule has 0 fully saturated rings. The van der Waals surface area contributed by atoms with Gasteiger partial charge >= 0.3 is 0 Å². The summed E-state index contributed by atoms with van der Waals surface area (Å²) in [7, 11) is 0. The van der Waals surface area contributed by atoms with Crippen LogP contribution in [0.5, 0.6) is 5.75 Å². The van der Waals surface area contributed by atoms with Crippen molar-refractivity contribution < 1.29 is 4.74 Å². The van der Waals surface area contributed by atoms with Crippen LogP contribution in [-0.4, -0.2) is 22.8 Å². The van der Waals surface area contributed by atoms with Crippen molar-refractivity contribution in [2.24, 2.45) is 5.10 Å². The van der Waals surface area contributed by atoms with Crippen molar-refractivity contribution in [1.29, 1.82) is 0 Å². The summed E-state index contributed by atoms with van der Waals surface area (Å²) in [6.07, 6.45) is 3.29. The number of anilines is 1. The number of nitrogens with one attached hydrogen (secondary N) is 1. The van der Waals surface area contributed by atoms with Gasteiger partial charge in [0.15, 0.2) is 5.82 Å². The van der Waals surface area contributed by atoms with Crippen LogP contribution in [0.3, 0.4) is 0 Å². The Morgan fingerprint density at radius 2 is 1.89 bits per heavy atom. The molecule has 0 aliphatic carbocycles. The Morgan fingerprint density at radius 1 is 1.11 bits per heavy atom. The number of nitrogens with zero attached hydrogens (tertiary/aromatic N) is 3. The smallest absolute Gasteiger partial charge is 0.159 e. The lowest BCUT2D eigenvalue weighted by atomic mass is 10.1. The Labute approximate surface area is 171 Å². The molecule has 2 aromatic heterocycles. The highest BCUT2D eigenvalue weighted by Gasteiger charge is 2.12. The molecule has 7 heteroatoms. The number of ether oxygens (including phenoxy) is 1. The van der Waals surface area contributed by atoms with E-state index in [0.717, 1.165) is 32.7 Å². The molecular formula is C21H17ClN4OS. The monoisotopic (exact) mass is 408 g/mol. The molecule has 2 aromatic carbocycles. The van der Waals surface area contributed by atoms with Crippen LogP contribution >= 0.6 is 22.9 Å². The third kappa shape index (κ3) is 3.98. The molecule has 1 N–H and O–H groups in total. The highest BCUT2D eigenvalue weighted by Crippen LogP contribution is 2.36. The summed E-state index contributed by atoms with van der Waals surface area (Å²) in [5.74, 6) is 1.51. The van der Waals surface area contributed by atoms with Gasteiger partial charge in [-0.05, 0) is 54.4 Å². The lowest BCUT2D eigenvalue weighted by Crippen LogP contribution is -1.96. The van der Waals surface area contributed by atoms with Crippen LogP contribution in [0, 0.1) is 0 Å². The van der Waals surface area contributed by atoms with Crippen LogP contribution < -0.4 is 10.2 Å². The number of rotatable bonds is 6. The fourth-order valence-corrected chi connectivity index (χ4v) is 3.83. The van der Waals surface area contributed by atoms with E-state index in [-0.39, 0.29) is 0 Å². The van der Waals surface area contributed by atoms with Gasteiger partial charge in [0.05, 0.1) is 18.2 Å². The van der Waals surface area contributed by atoms with Crippen molar-refractivity contribution in [3.05, 3.63) is 70.8 Å². The van der Waals surface area contributed by atoms with E-state index in [1.165, 1.54) is 0 Å². The minimum Gasteiger partial charge on any atom is -0.494 e. The van der Waals surface area contributed by atoms with E-state index in [4.69, 9.17) is 16.3 Å². The van der Waals surface area contributed by atoms with Gasteiger partial charge < -0.3 is 4.74 Å². The molecule has 5 nitrogen and oxygen atoms in total. The maximum absolute atomic E-state index is 6.02. The molecule has 0 atom stereocenters. The van der Waals surface area contributed by atoms with Crippen molar-refractivity contribution in [3.8, 4) is 16.9 Å². The molecule has 140 valence electrons. The Morgan fingerprint density at radius 3 is 2.64 bits per heavy atom. The molecular weight excluding hydrogens is 392 g/mol. The van der Waals surface area contributed by atoms with Gasteiger partial charge in [0, 0.05) is 16.0 Å². The Kier molecular flexibility index (Phi) is 5.50. The van der Waals surface area contributed by atoms with Crippen molar-refractivity contribution in [2.75, 3.05) is 12.0 Å². The highest BCUT2D eigenvalue weighted by atomic mass is 35.5. The van der Waals surface area contributed by atoms with Gasteiger partial charge in [-0.3, -0.25) is 5.43 Å². The standard InChI is InChI=1S/C21H17ClN4OS/c1-2-27-17-9-3-14(4-10-17)11-25-26-20-19-18(12-28-21(19)24-13-23-20)15-5-7-16(22)8-6-15/h3-13H,2H2,1H3,(H,23,24,26)/b25-11-. The Hall–Kier alpha value is -2.96. The third-order valence-corrected chi connectivity index (χ3v) is 5.24. The van der Waals surface area contributed by atoms with Gasteiger partial charge in [0.1, 0.15) is 16.9 Å². The number of aromatic nitrogens is 2. The quantitative estimate of drug-likeness (QED) is 0.321. The number of hydrogen-bond acceptors (Lipinski definition) is 6. The zero-order chi connectivity index (χ0) is 19.3. The number of benzene rings is 2. The van der Waals surface area contributed by atoms with Crippen molar-refractivity contribution >= 4 is 45.2 Å². The average Bonchev–Trinajstić information content (AvgIpc) is 3.15. The molecule has 0 amide bonds. The predicted octanol–water partition coefficient (Wildman–Crippen LogP) is 5.86. The second kappa shape index (κ2) is 8.37. The molecule has 0 aliphatic heterocycles. The van der Waals surface area contributed by atoms with Crippen LogP contribution in [0.2, 0.25) is 5.02 Å². The average molecular weight is 409 g/mol. The maximum Gasteiger partial charge on any atom is 0.159 e. The minimum absolute atomic E-state index is 0.648. The highest BCUT2D eigenvalue weighted by molar-refractivity contribution is 7.17. The van der Waals surface area contributed by atoms with Gasteiger partial charge in [-0.2, -0.15) is 5.10 Å². The first-order valence-corrected chi connectivity index (χ1v) is 10.0. The van der Waals surface area contributed by atoms with E-state index in [1.54, 1.807) is 23.9 Å². The van der Waals surface area contributed by atoms with Crippen LogP contribution in [-0.2, 0) is 0 Å². The third-order valence-electron chi connectivity index (χ3n) is 4.10. The zero-order valence-electron chi connectivity index (χ0n) is 15.1. The molecule has 2 heterocycles. The Balaban J connectivity index is 1.60. The van der Waals surface area contributed by atoms with Crippen molar-refractivity contribution in [2.45, 2.75) is 6.92 Å². The van der Waals surface area contributed by atoms with Gasteiger partial charge in [0.25, 0.3) is 0 Å². The molecule has 0 bridgehead atoms. The molecule has 0 aliphatic rings. The molecule has 0 radical (unpaired) electrons. The molecule has 28 heavy (non-hydrogen) atoms.